The number of thiophene rings is 1. The van der Waals surface area contributed by atoms with E-state index >= 15 is 0 Å². The third-order valence-electron chi connectivity index (χ3n) is 6.28. The normalized spacial score (nSPS) is 14.5. The zero-order chi connectivity index (χ0) is 25.7. The Labute approximate surface area is 215 Å². The minimum absolute atomic E-state index is 0.0729. The quantitative estimate of drug-likeness (QED) is 0.398. The first-order valence-electron chi connectivity index (χ1n) is 11.6. The van der Waals surface area contributed by atoms with Gasteiger partial charge in [-0.25, -0.2) is 0 Å². The molecule has 0 saturated heterocycles. The Balaban J connectivity index is 1.62. The van der Waals surface area contributed by atoms with E-state index in [1.54, 1.807) is 42.7 Å². The van der Waals surface area contributed by atoms with Crippen LogP contribution in [-0.4, -0.2) is 62.6 Å². The van der Waals surface area contributed by atoms with Gasteiger partial charge in [0.25, 0.3) is 5.91 Å². The monoisotopic (exact) mass is 506 g/mol. The molecule has 3 aromatic rings. The van der Waals surface area contributed by atoms with E-state index in [0.717, 1.165) is 23.3 Å². The van der Waals surface area contributed by atoms with Gasteiger partial charge in [-0.1, -0.05) is 18.2 Å². The van der Waals surface area contributed by atoms with E-state index in [2.05, 4.69) is 18.0 Å². The van der Waals surface area contributed by atoms with Crippen LogP contribution in [0.3, 0.4) is 0 Å². The molecule has 2 amide bonds. The van der Waals surface area contributed by atoms with Crippen LogP contribution in [0.4, 0.5) is 0 Å². The van der Waals surface area contributed by atoms with Crippen molar-refractivity contribution in [2.24, 2.45) is 0 Å². The fourth-order valence-corrected chi connectivity index (χ4v) is 5.38. The molecule has 0 saturated carbocycles. The van der Waals surface area contributed by atoms with E-state index in [1.165, 1.54) is 24.0 Å². The van der Waals surface area contributed by atoms with Crippen LogP contribution in [0.25, 0.3) is 0 Å². The third-order valence-corrected chi connectivity index (χ3v) is 7.28. The van der Waals surface area contributed by atoms with Gasteiger partial charge in [0, 0.05) is 29.6 Å². The number of nitrogens with zero attached hydrogens (tertiary/aromatic N) is 2. The summed E-state index contributed by atoms with van der Waals surface area (Å²) in [5.41, 5.74) is 2.51. The molecule has 0 N–H and O–H groups in total. The molecular weight excluding hydrogens is 476 g/mol. The number of hydrogen-bond donors (Lipinski definition) is 0. The standard InChI is InChI=1S/C28H30N2O5S/c1-5-12-29(28(32)20-15-22(34-3)17-23(16-20)35-4)18-26(31)30-13-10-25-24(11-14-36-25)27(30)19-6-8-21(33-2)9-7-19/h5-9,11,14-17,27H,1,10,12-13,18H2,2-4H3. The van der Waals surface area contributed by atoms with Crippen LogP contribution >= 0.6 is 11.3 Å². The summed E-state index contributed by atoms with van der Waals surface area (Å²) < 4.78 is 15.9. The number of ether oxygens (including phenoxy) is 3. The lowest BCUT2D eigenvalue weighted by Gasteiger charge is -2.37. The van der Waals surface area contributed by atoms with E-state index in [-0.39, 0.29) is 30.9 Å². The van der Waals surface area contributed by atoms with Crippen LogP contribution in [0.2, 0.25) is 0 Å². The summed E-state index contributed by atoms with van der Waals surface area (Å²) in [6.45, 7) is 4.52. The Morgan fingerprint density at radius 2 is 1.69 bits per heavy atom. The predicted octanol–water partition coefficient (Wildman–Crippen LogP) is 4.58. The molecule has 36 heavy (non-hydrogen) atoms. The van der Waals surface area contributed by atoms with E-state index in [9.17, 15) is 9.59 Å². The molecule has 0 aliphatic carbocycles. The van der Waals surface area contributed by atoms with Gasteiger partial charge in [0.05, 0.1) is 27.4 Å². The number of rotatable bonds is 9. The highest BCUT2D eigenvalue weighted by Gasteiger charge is 2.34. The smallest absolute Gasteiger partial charge is 0.254 e. The molecule has 188 valence electrons. The van der Waals surface area contributed by atoms with Gasteiger partial charge in [0.1, 0.15) is 23.8 Å². The number of hydrogen-bond acceptors (Lipinski definition) is 6. The summed E-state index contributed by atoms with van der Waals surface area (Å²) in [5, 5.41) is 2.07. The third kappa shape index (κ3) is 5.23. The highest BCUT2D eigenvalue weighted by Crippen LogP contribution is 2.38. The van der Waals surface area contributed by atoms with E-state index in [1.807, 2.05) is 29.2 Å². The lowest BCUT2D eigenvalue weighted by molar-refractivity contribution is -0.133. The van der Waals surface area contributed by atoms with E-state index < -0.39 is 0 Å². The maximum Gasteiger partial charge on any atom is 0.254 e. The van der Waals surface area contributed by atoms with Gasteiger partial charge in [0.2, 0.25) is 5.91 Å². The largest absolute Gasteiger partial charge is 0.497 e. The Morgan fingerprint density at radius 1 is 1.03 bits per heavy atom. The van der Waals surface area contributed by atoms with Crippen molar-refractivity contribution < 1.29 is 23.8 Å². The Morgan fingerprint density at radius 3 is 2.31 bits per heavy atom. The van der Waals surface area contributed by atoms with Crippen LogP contribution < -0.4 is 14.2 Å². The number of carbonyl (C=O) groups excluding carboxylic acids is 2. The number of carbonyl (C=O) groups is 2. The highest BCUT2D eigenvalue weighted by molar-refractivity contribution is 7.10. The SMILES string of the molecule is C=CCN(CC(=O)N1CCc2sccc2C1c1ccc(OC)cc1)C(=O)c1cc(OC)cc(OC)c1. The van der Waals surface area contributed by atoms with Gasteiger partial charge in [-0.3, -0.25) is 9.59 Å². The molecule has 0 fully saturated rings. The topological polar surface area (TPSA) is 68.3 Å². The zero-order valence-electron chi connectivity index (χ0n) is 20.7. The summed E-state index contributed by atoms with van der Waals surface area (Å²) in [4.78, 5) is 31.8. The number of methoxy groups -OCH3 is 3. The molecule has 2 heterocycles. The van der Waals surface area contributed by atoms with Crippen molar-refractivity contribution in [3.8, 4) is 17.2 Å². The summed E-state index contributed by atoms with van der Waals surface area (Å²) in [7, 11) is 4.69. The van der Waals surface area contributed by atoms with Crippen molar-refractivity contribution >= 4 is 23.2 Å². The molecule has 2 aromatic carbocycles. The van der Waals surface area contributed by atoms with Crippen molar-refractivity contribution in [2.45, 2.75) is 12.5 Å². The molecule has 1 aromatic heterocycles. The number of amides is 2. The molecule has 1 aliphatic heterocycles. The summed E-state index contributed by atoms with van der Waals surface area (Å²) in [6.07, 6.45) is 2.41. The molecule has 1 aliphatic rings. The first kappa shape index (κ1) is 25.3. The second-order valence-corrected chi connectivity index (χ2v) is 9.39. The van der Waals surface area contributed by atoms with Crippen molar-refractivity contribution in [2.75, 3.05) is 41.0 Å². The second kappa shape index (κ2) is 11.3. The maximum absolute atomic E-state index is 13.7. The lowest BCUT2D eigenvalue weighted by Crippen LogP contribution is -2.46. The van der Waals surface area contributed by atoms with Crippen molar-refractivity contribution in [1.82, 2.24) is 9.80 Å². The van der Waals surface area contributed by atoms with Crippen LogP contribution in [0.1, 0.15) is 32.4 Å². The minimum atomic E-state index is -0.297. The molecule has 0 spiro atoms. The van der Waals surface area contributed by atoms with Gasteiger partial charge in [-0.05, 0) is 53.3 Å². The molecule has 1 atom stereocenters. The van der Waals surface area contributed by atoms with Crippen LogP contribution in [-0.2, 0) is 11.2 Å². The molecule has 0 bridgehead atoms. The molecule has 0 radical (unpaired) electrons. The van der Waals surface area contributed by atoms with Gasteiger partial charge >= 0.3 is 0 Å². The van der Waals surface area contributed by atoms with Crippen LogP contribution in [0.15, 0.2) is 66.6 Å². The van der Waals surface area contributed by atoms with Gasteiger partial charge in [-0.2, -0.15) is 0 Å². The Bertz CT molecular complexity index is 1210. The van der Waals surface area contributed by atoms with Crippen LogP contribution in [0, 0.1) is 0 Å². The number of fused-ring (bicyclic) bond motifs is 1. The molecule has 1 unspecified atom stereocenters. The molecule has 7 nitrogen and oxygen atoms in total. The average Bonchev–Trinajstić information content (AvgIpc) is 3.40. The first-order chi connectivity index (χ1) is 17.5. The molecule has 4 rings (SSSR count). The van der Waals surface area contributed by atoms with Crippen molar-refractivity contribution in [1.29, 1.82) is 0 Å². The van der Waals surface area contributed by atoms with Gasteiger partial charge in [-0.15, -0.1) is 17.9 Å². The summed E-state index contributed by atoms with van der Waals surface area (Å²) >= 11 is 1.71. The fourth-order valence-electron chi connectivity index (χ4n) is 4.47. The van der Waals surface area contributed by atoms with E-state index in [0.29, 0.717) is 23.6 Å². The van der Waals surface area contributed by atoms with Gasteiger partial charge in [0.15, 0.2) is 0 Å². The summed E-state index contributed by atoms with van der Waals surface area (Å²) in [6, 6.07) is 14.6. The number of benzene rings is 2. The molecule has 8 heteroatoms. The Hall–Kier alpha value is -3.78. The maximum atomic E-state index is 13.7. The summed E-state index contributed by atoms with van der Waals surface area (Å²) in [5.74, 6) is 1.34. The van der Waals surface area contributed by atoms with Crippen molar-refractivity contribution in [3.05, 3.63) is 88.1 Å². The van der Waals surface area contributed by atoms with Crippen LogP contribution in [0.5, 0.6) is 17.2 Å². The second-order valence-electron chi connectivity index (χ2n) is 8.39. The average molecular weight is 507 g/mol. The first-order valence-corrected chi connectivity index (χ1v) is 12.5. The van der Waals surface area contributed by atoms with Crippen molar-refractivity contribution in [3.63, 3.8) is 0 Å². The Kier molecular flexibility index (Phi) is 7.95. The van der Waals surface area contributed by atoms with Gasteiger partial charge < -0.3 is 24.0 Å². The predicted molar refractivity (Wildman–Crippen MR) is 140 cm³/mol. The highest BCUT2D eigenvalue weighted by atomic mass is 32.1. The fraction of sp³-hybridized carbons (Fsp3) is 0.286. The molecular formula is C28H30N2O5S. The minimum Gasteiger partial charge on any atom is -0.497 e. The lowest BCUT2D eigenvalue weighted by atomic mass is 9.93. The zero-order valence-corrected chi connectivity index (χ0v) is 21.5. The van der Waals surface area contributed by atoms with E-state index in [4.69, 9.17) is 14.2 Å².